The number of ketones is 1. The minimum Gasteiger partial charge on any atom is -0.300 e. The van der Waals surface area contributed by atoms with Gasteiger partial charge in [0.2, 0.25) is 0 Å². The van der Waals surface area contributed by atoms with Gasteiger partial charge in [0.15, 0.2) is 0 Å². The van der Waals surface area contributed by atoms with E-state index in [0.717, 1.165) is 30.6 Å². The molecule has 5 rings (SSSR count). The molecule has 4 fully saturated rings. The number of hydrogen-bond donors (Lipinski definition) is 0. The predicted molar refractivity (Wildman–Crippen MR) is 81.8 cm³/mol. The lowest BCUT2D eigenvalue weighted by atomic mass is 9.48. The molecule has 0 radical (unpaired) electrons. The fourth-order valence-corrected chi connectivity index (χ4v) is 5.93. The molecule has 1 aromatic rings. The summed E-state index contributed by atoms with van der Waals surface area (Å²) in [6.07, 6.45) is 12.6. The van der Waals surface area contributed by atoms with Crippen LogP contribution in [0.15, 0.2) is 12.3 Å². The molecule has 0 saturated heterocycles. The molecule has 0 N–H and O–H groups in total. The monoisotopic (exact) mass is 286 g/mol. The first-order chi connectivity index (χ1) is 10.1. The van der Waals surface area contributed by atoms with Gasteiger partial charge in [-0.1, -0.05) is 0 Å². The summed E-state index contributed by atoms with van der Waals surface area (Å²) in [4.78, 5) is 12.5. The molecular weight excluding hydrogens is 260 g/mol. The molecule has 0 atom stereocenters. The summed E-state index contributed by atoms with van der Waals surface area (Å²) in [5.41, 5.74) is 1.58. The zero-order valence-electron chi connectivity index (χ0n) is 13.1. The van der Waals surface area contributed by atoms with Crippen LogP contribution in [0.3, 0.4) is 0 Å². The maximum Gasteiger partial charge on any atom is 0.133 e. The van der Waals surface area contributed by atoms with Crippen molar-refractivity contribution in [1.29, 1.82) is 0 Å². The molecule has 4 bridgehead atoms. The molecule has 0 aliphatic heterocycles. The van der Waals surface area contributed by atoms with Crippen molar-refractivity contribution >= 4 is 5.78 Å². The van der Waals surface area contributed by atoms with E-state index in [-0.39, 0.29) is 0 Å². The Bertz CT molecular complexity index is 510. The molecular formula is C18H26N2O. The van der Waals surface area contributed by atoms with E-state index in [0.29, 0.717) is 17.6 Å². The maximum atomic E-state index is 12.5. The standard InChI is InChI=1S/C18H26N2O/c1-20-16(4-5-19-20)2-3-17(21)12-18-9-13-6-14(10-18)8-15(7-13)11-18/h4-5,13-15H,2-3,6-12H2,1H3. The SMILES string of the molecule is Cn1nccc1CCC(=O)CC12CC3CC(CC(C3)C1)C2. The Morgan fingerprint density at radius 2 is 1.86 bits per heavy atom. The minimum atomic E-state index is 0.401. The van der Waals surface area contributed by atoms with Crippen LogP contribution in [0.1, 0.15) is 57.1 Å². The Hall–Kier alpha value is -1.12. The van der Waals surface area contributed by atoms with Gasteiger partial charge in [-0.15, -0.1) is 0 Å². The molecule has 0 aromatic carbocycles. The molecule has 1 aromatic heterocycles. The third-order valence-corrected chi connectivity index (χ3v) is 6.32. The Kier molecular flexibility index (Phi) is 3.20. The fraction of sp³-hybridized carbons (Fsp3) is 0.778. The number of nitrogens with zero attached hydrogens (tertiary/aromatic N) is 2. The van der Waals surface area contributed by atoms with Crippen LogP contribution >= 0.6 is 0 Å². The van der Waals surface area contributed by atoms with Crippen molar-refractivity contribution in [3.63, 3.8) is 0 Å². The van der Waals surface area contributed by atoms with Gasteiger partial charge < -0.3 is 0 Å². The van der Waals surface area contributed by atoms with Crippen molar-refractivity contribution in [3.8, 4) is 0 Å². The van der Waals surface area contributed by atoms with E-state index in [1.165, 1.54) is 44.2 Å². The molecule has 4 aliphatic carbocycles. The molecule has 114 valence electrons. The molecule has 3 nitrogen and oxygen atoms in total. The lowest BCUT2D eigenvalue weighted by Gasteiger charge is -2.56. The van der Waals surface area contributed by atoms with Crippen molar-refractivity contribution < 1.29 is 4.79 Å². The van der Waals surface area contributed by atoms with Gasteiger partial charge in [0.05, 0.1) is 0 Å². The van der Waals surface area contributed by atoms with Crippen molar-refractivity contribution in [3.05, 3.63) is 18.0 Å². The largest absolute Gasteiger partial charge is 0.300 e. The van der Waals surface area contributed by atoms with Crippen LogP contribution in [-0.2, 0) is 18.3 Å². The first-order valence-electron chi connectivity index (χ1n) is 8.60. The number of rotatable bonds is 5. The lowest BCUT2D eigenvalue weighted by Crippen LogP contribution is -2.46. The number of carbonyl (C=O) groups excluding carboxylic acids is 1. The second-order valence-electron chi connectivity index (χ2n) is 8.08. The van der Waals surface area contributed by atoms with E-state index in [2.05, 4.69) is 5.10 Å². The Balaban J connectivity index is 1.37. The third-order valence-electron chi connectivity index (χ3n) is 6.32. The summed E-state index contributed by atoms with van der Waals surface area (Å²) in [7, 11) is 1.96. The van der Waals surface area contributed by atoms with Crippen LogP contribution in [-0.4, -0.2) is 15.6 Å². The quantitative estimate of drug-likeness (QED) is 0.830. The van der Waals surface area contributed by atoms with Crippen LogP contribution in [0, 0.1) is 23.2 Å². The van der Waals surface area contributed by atoms with E-state index >= 15 is 0 Å². The number of hydrogen-bond acceptors (Lipinski definition) is 2. The average molecular weight is 286 g/mol. The molecule has 0 amide bonds. The van der Waals surface area contributed by atoms with Gasteiger partial charge >= 0.3 is 0 Å². The highest BCUT2D eigenvalue weighted by atomic mass is 16.1. The van der Waals surface area contributed by atoms with Crippen molar-refractivity contribution in [1.82, 2.24) is 9.78 Å². The molecule has 4 saturated carbocycles. The highest BCUT2D eigenvalue weighted by Gasteiger charge is 2.51. The molecule has 21 heavy (non-hydrogen) atoms. The smallest absolute Gasteiger partial charge is 0.133 e. The summed E-state index contributed by atoms with van der Waals surface area (Å²) in [5, 5.41) is 4.18. The summed E-state index contributed by atoms with van der Waals surface area (Å²) in [6.45, 7) is 0. The van der Waals surface area contributed by atoms with Gasteiger partial charge in [-0.2, -0.15) is 5.10 Å². The second kappa shape index (κ2) is 4.96. The van der Waals surface area contributed by atoms with E-state index in [9.17, 15) is 4.79 Å². The number of aromatic nitrogens is 2. The van der Waals surface area contributed by atoms with Crippen LogP contribution < -0.4 is 0 Å². The summed E-state index contributed by atoms with van der Waals surface area (Å²) in [5.74, 6) is 3.32. The molecule has 1 heterocycles. The maximum absolute atomic E-state index is 12.5. The topological polar surface area (TPSA) is 34.9 Å². The third kappa shape index (κ3) is 2.56. The number of Topliss-reactive ketones (excluding diaryl/α,β-unsaturated/α-hetero) is 1. The minimum absolute atomic E-state index is 0.401. The Morgan fingerprint density at radius 1 is 1.24 bits per heavy atom. The van der Waals surface area contributed by atoms with Crippen LogP contribution in [0.25, 0.3) is 0 Å². The zero-order chi connectivity index (χ0) is 14.4. The van der Waals surface area contributed by atoms with Crippen molar-refractivity contribution in [2.24, 2.45) is 30.2 Å². The van der Waals surface area contributed by atoms with Crippen molar-refractivity contribution in [2.45, 2.75) is 57.8 Å². The van der Waals surface area contributed by atoms with E-state index < -0.39 is 0 Å². The van der Waals surface area contributed by atoms with Crippen LogP contribution in [0.2, 0.25) is 0 Å². The predicted octanol–water partition coefficient (Wildman–Crippen LogP) is 3.53. The van der Waals surface area contributed by atoms with Gasteiger partial charge in [0.25, 0.3) is 0 Å². The van der Waals surface area contributed by atoms with E-state index in [1.807, 2.05) is 24.0 Å². The Labute approximate surface area is 127 Å². The normalized spacial score (nSPS) is 37.1. The van der Waals surface area contributed by atoms with Gasteiger partial charge in [0, 0.05) is 31.8 Å². The number of carbonyl (C=O) groups is 1. The lowest BCUT2D eigenvalue weighted by molar-refractivity contribution is -0.127. The first-order valence-corrected chi connectivity index (χ1v) is 8.60. The van der Waals surface area contributed by atoms with Gasteiger partial charge in [0.1, 0.15) is 5.78 Å². The molecule has 4 aliphatic rings. The van der Waals surface area contributed by atoms with E-state index in [1.54, 1.807) is 0 Å². The highest BCUT2D eigenvalue weighted by Crippen LogP contribution is 2.61. The zero-order valence-corrected chi connectivity index (χ0v) is 13.1. The molecule has 3 heteroatoms. The van der Waals surface area contributed by atoms with Gasteiger partial charge in [-0.3, -0.25) is 9.48 Å². The summed E-state index contributed by atoms with van der Waals surface area (Å²) >= 11 is 0. The fourth-order valence-electron chi connectivity index (χ4n) is 5.93. The second-order valence-corrected chi connectivity index (χ2v) is 8.08. The average Bonchev–Trinajstić information content (AvgIpc) is 2.79. The van der Waals surface area contributed by atoms with Crippen LogP contribution in [0.5, 0.6) is 0 Å². The van der Waals surface area contributed by atoms with Gasteiger partial charge in [-0.05, 0) is 74.2 Å². The van der Waals surface area contributed by atoms with E-state index in [4.69, 9.17) is 0 Å². The highest BCUT2D eigenvalue weighted by molar-refractivity contribution is 5.79. The summed E-state index contributed by atoms with van der Waals surface area (Å²) in [6, 6.07) is 2.03. The summed E-state index contributed by atoms with van der Waals surface area (Å²) < 4.78 is 1.89. The number of aryl methyl sites for hydroxylation is 2. The molecule has 0 unspecified atom stereocenters. The van der Waals surface area contributed by atoms with Gasteiger partial charge in [-0.25, -0.2) is 0 Å². The first kappa shape index (κ1) is 13.5. The Morgan fingerprint density at radius 3 is 2.38 bits per heavy atom. The van der Waals surface area contributed by atoms with Crippen LogP contribution in [0.4, 0.5) is 0 Å². The molecule has 0 spiro atoms. The van der Waals surface area contributed by atoms with Crippen molar-refractivity contribution in [2.75, 3.05) is 0 Å².